The monoisotopic (exact) mass is 203 g/mol. The highest BCUT2D eigenvalue weighted by Gasteiger charge is 2.08. The normalized spacial score (nSPS) is 15.2. The molecule has 2 aliphatic heterocycles. The van der Waals surface area contributed by atoms with E-state index in [-0.39, 0.29) is 0 Å². The molecule has 3 nitrogen and oxygen atoms in total. The Kier molecular flexibility index (Phi) is 3.28. The number of para-hydroxylation sites is 1. The van der Waals surface area contributed by atoms with Gasteiger partial charge in [0.15, 0.2) is 0 Å². The van der Waals surface area contributed by atoms with Gasteiger partial charge in [-0.2, -0.15) is 0 Å². The largest absolute Gasteiger partial charge is 0.493 e. The Labute approximate surface area is 89.0 Å². The van der Waals surface area contributed by atoms with E-state index in [1.165, 1.54) is 5.56 Å². The molecule has 1 N–H and O–H groups in total. The van der Waals surface area contributed by atoms with Crippen LogP contribution in [0.15, 0.2) is 48.9 Å². The van der Waals surface area contributed by atoms with Gasteiger partial charge in [-0.15, -0.1) is 0 Å². The second kappa shape index (κ2) is 5.10. The lowest BCUT2D eigenvalue weighted by Gasteiger charge is -1.97. The quantitative estimate of drug-likeness (QED) is 0.701. The van der Waals surface area contributed by atoms with E-state index in [1.54, 1.807) is 18.5 Å². The maximum absolute atomic E-state index is 5.30. The predicted molar refractivity (Wildman–Crippen MR) is 58.1 cm³/mol. The molecular formula is C12H13NO2. The zero-order valence-electron chi connectivity index (χ0n) is 8.35. The smallest absolute Gasteiger partial charge is 0.122 e. The van der Waals surface area contributed by atoms with Gasteiger partial charge in [-0.05, 0) is 23.8 Å². The van der Waals surface area contributed by atoms with Gasteiger partial charge < -0.3 is 9.57 Å². The van der Waals surface area contributed by atoms with E-state index in [9.17, 15) is 0 Å². The number of hydrogen-bond acceptors (Lipinski definition) is 3. The van der Waals surface area contributed by atoms with Crippen molar-refractivity contribution in [1.82, 2.24) is 5.48 Å². The second-order valence-electron chi connectivity index (χ2n) is 3.13. The van der Waals surface area contributed by atoms with E-state index in [0.717, 1.165) is 18.8 Å². The van der Waals surface area contributed by atoms with Crippen LogP contribution in [-0.2, 0) is 11.3 Å². The van der Waals surface area contributed by atoms with Crippen molar-refractivity contribution in [2.45, 2.75) is 6.42 Å². The number of rotatable bonds is 0. The number of fused-ring (bicyclic) bond motifs is 1. The van der Waals surface area contributed by atoms with Crippen molar-refractivity contribution < 1.29 is 9.57 Å². The van der Waals surface area contributed by atoms with E-state index in [2.05, 4.69) is 16.4 Å². The summed E-state index contributed by atoms with van der Waals surface area (Å²) in [4.78, 5) is 4.55. The lowest BCUT2D eigenvalue weighted by molar-refractivity contribution is 0.172. The Morgan fingerprint density at radius 3 is 2.67 bits per heavy atom. The fourth-order valence-corrected chi connectivity index (χ4v) is 1.38. The first-order chi connectivity index (χ1) is 7.47. The molecule has 78 valence electrons. The lowest BCUT2D eigenvalue weighted by Crippen LogP contribution is -2.01. The van der Waals surface area contributed by atoms with Gasteiger partial charge in [-0.1, -0.05) is 18.2 Å². The Hall–Kier alpha value is -1.90. The second-order valence-corrected chi connectivity index (χ2v) is 3.13. The van der Waals surface area contributed by atoms with Crippen LogP contribution in [0.2, 0.25) is 0 Å². The van der Waals surface area contributed by atoms with Gasteiger partial charge in [0.05, 0.1) is 6.61 Å². The molecular weight excluding hydrogens is 190 g/mol. The van der Waals surface area contributed by atoms with Crippen LogP contribution in [0.1, 0.15) is 5.56 Å². The summed E-state index contributed by atoms with van der Waals surface area (Å²) in [5.74, 6) is 1.07. The van der Waals surface area contributed by atoms with Crippen LogP contribution in [-0.4, -0.2) is 6.61 Å². The standard InChI is InChI=1S/C8H8O.C4H5NO/c1-2-4-8-7(3-1)5-6-9-8;1-2-4-6-5-3-1/h1-4H,5-6H2;1-5H. The van der Waals surface area contributed by atoms with Crippen molar-refractivity contribution in [2.24, 2.45) is 0 Å². The van der Waals surface area contributed by atoms with E-state index >= 15 is 0 Å². The van der Waals surface area contributed by atoms with Crippen LogP contribution in [0, 0.1) is 0 Å². The molecule has 0 radical (unpaired) electrons. The molecule has 15 heavy (non-hydrogen) atoms. The van der Waals surface area contributed by atoms with Crippen molar-refractivity contribution >= 4 is 0 Å². The summed E-state index contributed by atoms with van der Waals surface area (Å²) in [6.07, 6.45) is 8.01. The molecule has 0 saturated carbocycles. The molecule has 0 aliphatic carbocycles. The maximum Gasteiger partial charge on any atom is 0.122 e. The first kappa shape index (κ1) is 9.65. The predicted octanol–water partition coefficient (Wildman–Crippen LogP) is 2.17. The van der Waals surface area contributed by atoms with Crippen LogP contribution in [0.25, 0.3) is 0 Å². The summed E-state index contributed by atoms with van der Waals surface area (Å²) in [7, 11) is 0. The summed E-state index contributed by atoms with van der Waals surface area (Å²) in [5, 5.41) is 0. The van der Waals surface area contributed by atoms with Gasteiger partial charge in [0.2, 0.25) is 0 Å². The summed E-state index contributed by atoms with van der Waals surface area (Å²) in [6.45, 7) is 0.860. The highest BCUT2D eigenvalue weighted by molar-refractivity contribution is 5.35. The highest BCUT2D eigenvalue weighted by atomic mass is 16.6. The van der Waals surface area contributed by atoms with E-state index in [1.807, 2.05) is 24.3 Å². The maximum atomic E-state index is 5.30. The third-order valence-corrected chi connectivity index (χ3v) is 2.09. The molecule has 1 aromatic rings. The first-order valence-electron chi connectivity index (χ1n) is 4.90. The van der Waals surface area contributed by atoms with Crippen LogP contribution in [0.4, 0.5) is 0 Å². The van der Waals surface area contributed by atoms with Gasteiger partial charge in [0.1, 0.15) is 12.0 Å². The van der Waals surface area contributed by atoms with E-state index < -0.39 is 0 Å². The minimum absolute atomic E-state index is 0.860. The van der Waals surface area contributed by atoms with Crippen molar-refractivity contribution in [3.63, 3.8) is 0 Å². The minimum atomic E-state index is 0.860. The van der Waals surface area contributed by atoms with Crippen molar-refractivity contribution in [3.05, 3.63) is 54.4 Å². The van der Waals surface area contributed by atoms with Gasteiger partial charge >= 0.3 is 0 Å². The van der Waals surface area contributed by atoms with Crippen molar-refractivity contribution in [3.8, 4) is 5.75 Å². The summed E-state index contributed by atoms with van der Waals surface area (Å²) >= 11 is 0. The summed E-state index contributed by atoms with van der Waals surface area (Å²) in [5.41, 5.74) is 3.86. The van der Waals surface area contributed by atoms with Crippen LogP contribution < -0.4 is 10.2 Å². The van der Waals surface area contributed by atoms with Gasteiger partial charge in [-0.3, -0.25) is 0 Å². The molecule has 0 aromatic heterocycles. The molecule has 2 aliphatic rings. The number of allylic oxidation sites excluding steroid dienone is 2. The molecule has 0 saturated heterocycles. The molecule has 1 aromatic carbocycles. The first-order valence-corrected chi connectivity index (χ1v) is 4.90. The molecule has 0 atom stereocenters. The Morgan fingerprint density at radius 2 is 2.07 bits per heavy atom. The lowest BCUT2D eigenvalue weighted by atomic mass is 10.2. The average Bonchev–Trinajstić information content (AvgIpc) is 2.80. The molecule has 0 spiro atoms. The Balaban J connectivity index is 0.000000124. The average molecular weight is 203 g/mol. The highest BCUT2D eigenvalue weighted by Crippen LogP contribution is 2.23. The third-order valence-electron chi connectivity index (χ3n) is 2.09. The van der Waals surface area contributed by atoms with Gasteiger partial charge in [-0.25, -0.2) is 5.48 Å². The number of hydrogen-bond donors (Lipinski definition) is 1. The fourth-order valence-electron chi connectivity index (χ4n) is 1.38. The Morgan fingerprint density at radius 1 is 1.13 bits per heavy atom. The zero-order valence-corrected chi connectivity index (χ0v) is 8.35. The molecule has 0 fully saturated rings. The number of ether oxygens (including phenoxy) is 1. The van der Waals surface area contributed by atoms with E-state index in [4.69, 9.17) is 4.74 Å². The topological polar surface area (TPSA) is 30.5 Å². The molecule has 3 heteroatoms. The van der Waals surface area contributed by atoms with Crippen LogP contribution in [0.5, 0.6) is 5.75 Å². The van der Waals surface area contributed by atoms with Gasteiger partial charge in [0.25, 0.3) is 0 Å². The Bertz CT molecular complexity index is 337. The summed E-state index contributed by atoms with van der Waals surface area (Å²) in [6, 6.07) is 8.18. The molecule has 0 unspecified atom stereocenters. The zero-order chi connectivity index (χ0) is 10.3. The fraction of sp³-hybridized carbons (Fsp3) is 0.167. The molecule has 0 amide bonds. The van der Waals surface area contributed by atoms with E-state index in [0.29, 0.717) is 0 Å². The number of hydroxylamine groups is 1. The third kappa shape index (κ3) is 2.77. The van der Waals surface area contributed by atoms with Crippen molar-refractivity contribution in [1.29, 1.82) is 0 Å². The SMILES string of the molecule is C1=CNOC=C1.c1ccc2c(c1)CCO2. The van der Waals surface area contributed by atoms with Crippen LogP contribution >= 0.6 is 0 Å². The van der Waals surface area contributed by atoms with Gasteiger partial charge in [0, 0.05) is 12.6 Å². The summed E-state index contributed by atoms with van der Waals surface area (Å²) < 4.78 is 5.30. The number of benzene rings is 1. The molecule has 0 bridgehead atoms. The van der Waals surface area contributed by atoms with Crippen molar-refractivity contribution in [2.75, 3.05) is 6.61 Å². The molecule has 2 heterocycles. The number of nitrogens with one attached hydrogen (secondary N) is 1. The molecule has 3 rings (SSSR count). The van der Waals surface area contributed by atoms with Crippen LogP contribution in [0.3, 0.4) is 0 Å². The minimum Gasteiger partial charge on any atom is -0.493 e.